The van der Waals surface area contributed by atoms with Crippen LogP contribution in [-0.4, -0.2) is 51.7 Å². The highest BCUT2D eigenvalue weighted by molar-refractivity contribution is 8.24. The van der Waals surface area contributed by atoms with Crippen LogP contribution in [0.1, 0.15) is 126 Å². The predicted octanol–water partition coefficient (Wildman–Crippen LogP) is 8.50. The van der Waals surface area contributed by atoms with E-state index < -0.39 is 5.97 Å². The van der Waals surface area contributed by atoms with Crippen molar-refractivity contribution in [3.8, 4) is 0 Å². The van der Waals surface area contributed by atoms with Gasteiger partial charge in [0.15, 0.2) is 0 Å². The molecule has 4 saturated carbocycles. The lowest BCUT2D eigenvalue weighted by Crippen LogP contribution is -2.64. The van der Waals surface area contributed by atoms with Gasteiger partial charge in [0.25, 0.3) is 0 Å². The van der Waals surface area contributed by atoms with Gasteiger partial charge in [-0.15, -0.1) is 0 Å². The van der Waals surface area contributed by atoms with Crippen molar-refractivity contribution in [3.05, 3.63) is 11.6 Å². The Morgan fingerprint density at radius 3 is 2.38 bits per heavy atom. The predicted molar refractivity (Wildman–Crippen MR) is 191 cm³/mol. The molecule has 0 unspecified atom stereocenters. The Labute approximate surface area is 291 Å². The molecular formula is C38H56N2O5S2. The van der Waals surface area contributed by atoms with Gasteiger partial charge in [-0.3, -0.25) is 14.5 Å². The van der Waals surface area contributed by atoms with E-state index in [1.54, 1.807) is 12.7 Å². The highest BCUT2D eigenvalue weighted by Gasteiger charge is 2.69. The third kappa shape index (κ3) is 5.12. The minimum absolute atomic E-state index is 0.00391. The van der Waals surface area contributed by atoms with Gasteiger partial charge in [0.1, 0.15) is 10.9 Å². The van der Waals surface area contributed by atoms with Crippen LogP contribution < -0.4 is 0 Å². The van der Waals surface area contributed by atoms with Gasteiger partial charge in [-0.2, -0.15) is 0 Å². The highest BCUT2D eigenvalue weighted by Crippen LogP contribution is 2.75. The Hall–Kier alpha value is -1.74. The van der Waals surface area contributed by atoms with E-state index in [9.17, 15) is 14.4 Å². The third-order valence-electron chi connectivity index (χ3n) is 14.9. The molecule has 0 N–H and O–H groups in total. The number of hydrogen-bond donors (Lipinski definition) is 0. The van der Waals surface area contributed by atoms with E-state index >= 15 is 0 Å². The third-order valence-corrected chi connectivity index (χ3v) is 16.7. The van der Waals surface area contributed by atoms with Crippen molar-refractivity contribution in [2.45, 2.75) is 131 Å². The molecule has 47 heavy (non-hydrogen) atoms. The van der Waals surface area contributed by atoms with Gasteiger partial charge in [-0.1, -0.05) is 96.2 Å². The smallest absolute Gasteiger partial charge is 0.354 e. The van der Waals surface area contributed by atoms with E-state index in [1.807, 2.05) is 6.92 Å². The first kappa shape index (κ1) is 35.1. The molecule has 0 radical (unpaired) electrons. The number of thioether (sulfide) groups is 1. The highest BCUT2D eigenvalue weighted by atomic mass is 32.2. The van der Waals surface area contributed by atoms with Gasteiger partial charge in [-0.05, 0) is 110 Å². The second kappa shape index (κ2) is 11.7. The lowest BCUT2D eigenvalue weighted by atomic mass is 9.33. The number of esters is 1. The Morgan fingerprint density at radius 1 is 1.02 bits per heavy atom. The molecule has 260 valence electrons. The summed E-state index contributed by atoms with van der Waals surface area (Å²) >= 11 is 6.70. The van der Waals surface area contributed by atoms with Gasteiger partial charge in [0, 0.05) is 5.41 Å². The van der Waals surface area contributed by atoms with Crippen LogP contribution in [0.5, 0.6) is 0 Å². The summed E-state index contributed by atoms with van der Waals surface area (Å²) in [5.41, 5.74) is 2.34. The number of methoxy groups -OCH3 is 1. The number of amides is 1. The van der Waals surface area contributed by atoms with Crippen LogP contribution >= 0.6 is 24.0 Å². The molecule has 0 spiro atoms. The van der Waals surface area contributed by atoms with Crippen LogP contribution in [0.4, 0.5) is 0 Å². The SMILES string of the molecule is CC[C@@H]1SC(=S)N(CC(=O)O/N=C2/CC[C@@]3(C)[C@H](CC[C@]4(C)[C@@H]3CC=C3[C@@H]5CC(C)(C)CC[C@]5(C(=O)OC)CC[C@]34C)C2(C)C)C1=O. The Kier molecular flexibility index (Phi) is 8.71. The number of oxime groups is 1. The minimum atomic E-state index is -0.546. The van der Waals surface area contributed by atoms with Crippen molar-refractivity contribution < 1.29 is 24.0 Å². The number of rotatable bonds is 5. The average Bonchev–Trinajstić information content (AvgIpc) is 3.27. The van der Waals surface area contributed by atoms with Crippen LogP contribution in [-0.2, 0) is 24.0 Å². The first-order valence-electron chi connectivity index (χ1n) is 18.0. The molecule has 1 amide bonds. The van der Waals surface area contributed by atoms with Crippen molar-refractivity contribution in [2.24, 2.45) is 55.4 Å². The van der Waals surface area contributed by atoms with Crippen LogP contribution in [0.2, 0.25) is 0 Å². The maximum absolute atomic E-state index is 13.5. The van der Waals surface area contributed by atoms with E-state index in [2.05, 4.69) is 59.7 Å². The number of allylic oxidation sites excluding steroid dienone is 2. The van der Waals surface area contributed by atoms with Gasteiger partial charge in [-0.25, -0.2) is 4.79 Å². The summed E-state index contributed by atoms with van der Waals surface area (Å²) in [5.74, 6) is 0.497. The molecule has 0 aromatic rings. The quantitative estimate of drug-likeness (QED) is 0.0944. The molecule has 1 heterocycles. The fourth-order valence-corrected chi connectivity index (χ4v) is 13.4. The number of fused-ring (bicyclic) bond motifs is 7. The number of carbonyl (C=O) groups excluding carboxylic acids is 3. The number of hydrogen-bond acceptors (Lipinski definition) is 8. The summed E-state index contributed by atoms with van der Waals surface area (Å²) in [6.07, 6.45) is 13.3. The molecule has 8 atom stereocenters. The molecule has 0 bridgehead atoms. The molecule has 0 aromatic carbocycles. The van der Waals surface area contributed by atoms with E-state index in [0.29, 0.717) is 22.6 Å². The molecular weight excluding hydrogens is 629 g/mol. The second-order valence-corrected chi connectivity index (χ2v) is 19.6. The van der Waals surface area contributed by atoms with Crippen LogP contribution in [0.15, 0.2) is 16.8 Å². The molecule has 1 saturated heterocycles. The Morgan fingerprint density at radius 2 is 1.72 bits per heavy atom. The zero-order chi connectivity index (χ0) is 34.4. The molecule has 0 aromatic heterocycles. The van der Waals surface area contributed by atoms with Gasteiger partial charge < -0.3 is 9.57 Å². The standard InChI is InChI=1S/C38H56N2O5S2/c1-10-25-30(42)40(32(46)47-25)22-29(41)45-39-28-14-15-35(6)26(34(28,4)5)13-16-37(8)27(35)12-11-23-24-21-33(2,3)17-19-38(24,31(43)44-9)20-18-36(23,37)7/h11,24-27H,10,12-22H2,1-9H3/b39-28-/t24-,25-,26+,27+,35-,36+,37+,38-/m0/s1. The van der Waals surface area contributed by atoms with E-state index in [-0.39, 0.29) is 62.1 Å². The lowest BCUT2D eigenvalue weighted by Gasteiger charge is -2.70. The average molecular weight is 685 g/mol. The number of nitrogens with zero attached hydrogens (tertiary/aromatic N) is 2. The van der Waals surface area contributed by atoms with Crippen molar-refractivity contribution >= 4 is 51.9 Å². The first-order valence-corrected chi connectivity index (χ1v) is 19.3. The summed E-state index contributed by atoms with van der Waals surface area (Å²) in [5, 5.41) is 4.28. The maximum Gasteiger partial charge on any atom is 0.354 e. The molecule has 5 aliphatic carbocycles. The zero-order valence-electron chi connectivity index (χ0n) is 30.1. The molecule has 5 fully saturated rings. The lowest BCUT2D eigenvalue weighted by molar-refractivity contribution is -0.181. The zero-order valence-corrected chi connectivity index (χ0v) is 31.8. The van der Waals surface area contributed by atoms with Crippen molar-refractivity contribution in [2.75, 3.05) is 13.7 Å². The first-order chi connectivity index (χ1) is 21.9. The minimum Gasteiger partial charge on any atom is -0.469 e. The van der Waals surface area contributed by atoms with Gasteiger partial charge in [0.05, 0.1) is 23.5 Å². The molecule has 6 aliphatic rings. The van der Waals surface area contributed by atoms with E-state index in [0.717, 1.165) is 69.9 Å². The topological polar surface area (TPSA) is 85.3 Å². The summed E-state index contributed by atoms with van der Waals surface area (Å²) in [4.78, 5) is 45.9. The summed E-state index contributed by atoms with van der Waals surface area (Å²) in [6.45, 7) is 18.7. The maximum atomic E-state index is 13.5. The monoisotopic (exact) mass is 684 g/mol. The molecule has 1 aliphatic heterocycles. The van der Waals surface area contributed by atoms with Crippen molar-refractivity contribution in [1.29, 1.82) is 0 Å². The molecule has 9 heteroatoms. The molecule has 6 rings (SSSR count). The van der Waals surface area contributed by atoms with Gasteiger partial charge >= 0.3 is 11.9 Å². The van der Waals surface area contributed by atoms with Gasteiger partial charge in [0.2, 0.25) is 5.91 Å². The summed E-state index contributed by atoms with van der Waals surface area (Å²) in [7, 11) is 1.57. The molecule has 7 nitrogen and oxygen atoms in total. The van der Waals surface area contributed by atoms with Crippen LogP contribution in [0.3, 0.4) is 0 Å². The van der Waals surface area contributed by atoms with Crippen LogP contribution in [0, 0.1) is 50.2 Å². The second-order valence-electron chi connectivity index (χ2n) is 17.8. The fraction of sp³-hybridized carbons (Fsp3) is 0.816. The Balaban J connectivity index is 1.25. The van der Waals surface area contributed by atoms with E-state index in [4.69, 9.17) is 21.8 Å². The number of thiocarbonyl (C=S) groups is 1. The normalized spacial score (nSPS) is 42.9. The van der Waals surface area contributed by atoms with Crippen molar-refractivity contribution in [3.63, 3.8) is 0 Å². The van der Waals surface area contributed by atoms with E-state index in [1.165, 1.54) is 16.7 Å². The largest absolute Gasteiger partial charge is 0.469 e. The van der Waals surface area contributed by atoms with Crippen LogP contribution in [0.25, 0.3) is 0 Å². The Bertz CT molecular complexity index is 1440. The number of ether oxygens (including phenoxy) is 1. The number of carbonyl (C=O) groups is 3. The summed E-state index contributed by atoms with van der Waals surface area (Å²) < 4.78 is 5.97. The summed E-state index contributed by atoms with van der Waals surface area (Å²) in [6, 6.07) is 0. The fourth-order valence-electron chi connectivity index (χ4n) is 12.0. The van der Waals surface area contributed by atoms with Crippen molar-refractivity contribution in [1.82, 2.24) is 4.90 Å².